The molecule has 0 amide bonds. The van der Waals surface area contributed by atoms with E-state index in [-0.39, 0.29) is 0 Å². The van der Waals surface area contributed by atoms with E-state index >= 15 is 0 Å². The van der Waals surface area contributed by atoms with Crippen LogP contribution in [0.3, 0.4) is 0 Å². The number of rotatable bonds is 1. The molecule has 8 heavy (non-hydrogen) atoms. The van der Waals surface area contributed by atoms with Crippen molar-refractivity contribution in [3.05, 3.63) is 0 Å². The molecule has 0 aromatic heterocycles. The van der Waals surface area contributed by atoms with Crippen molar-refractivity contribution in [2.45, 2.75) is 6.03 Å². The molecule has 0 saturated carbocycles. The first-order valence-corrected chi connectivity index (χ1v) is 4.01. The summed E-state index contributed by atoms with van der Waals surface area (Å²) in [7, 11) is -0.754. The monoisotopic (exact) mass is 136 g/mol. The summed E-state index contributed by atoms with van der Waals surface area (Å²) in [5.74, 6) is 0. The molecule has 1 unspecified atom stereocenters. The molecule has 0 bridgehead atoms. The summed E-state index contributed by atoms with van der Waals surface area (Å²) < 4.78 is 0. The Labute approximate surface area is 48.7 Å². The average Bonchev–Trinajstić information content (AvgIpc) is 2.12. The quantitative estimate of drug-likeness (QED) is 0.269. The van der Waals surface area contributed by atoms with Gasteiger partial charge in [-0.1, -0.05) is 0 Å². The molecular weight excluding hydrogens is 127 g/mol. The zero-order valence-corrected chi connectivity index (χ0v) is 5.23. The second-order valence-corrected chi connectivity index (χ2v) is 3.65. The highest BCUT2D eigenvalue weighted by molar-refractivity contribution is 7.56. The molecule has 4 nitrogen and oxygen atoms in total. The van der Waals surface area contributed by atoms with Gasteiger partial charge in [0.15, 0.2) is 6.03 Å². The van der Waals surface area contributed by atoms with E-state index in [0.717, 1.165) is 12.7 Å². The Morgan fingerprint density at radius 1 is 1.50 bits per heavy atom. The van der Waals surface area contributed by atoms with Crippen molar-refractivity contribution < 1.29 is 10.2 Å². The van der Waals surface area contributed by atoms with Crippen LogP contribution in [-0.2, 0) is 0 Å². The summed E-state index contributed by atoms with van der Waals surface area (Å²) in [4.78, 5) is 0. The summed E-state index contributed by atoms with van der Waals surface area (Å²) in [6.07, 6.45) is 0.840. The van der Waals surface area contributed by atoms with Crippen molar-refractivity contribution in [3.8, 4) is 0 Å². The largest absolute Gasteiger partial charge is 0.364 e. The summed E-state index contributed by atoms with van der Waals surface area (Å²) >= 11 is 0. The van der Waals surface area contributed by atoms with Gasteiger partial charge in [0.25, 0.3) is 0 Å². The summed E-state index contributed by atoms with van der Waals surface area (Å²) in [5.41, 5.74) is 2.81. The molecule has 1 aliphatic rings. The van der Waals surface area contributed by atoms with Crippen molar-refractivity contribution in [2.75, 3.05) is 12.7 Å². The lowest BCUT2D eigenvalue weighted by Crippen LogP contribution is -2.21. The maximum absolute atomic E-state index is 8.53. The lowest BCUT2D eigenvalue weighted by atomic mass is 10.8. The minimum absolute atomic E-state index is 0.754. The molecule has 1 heterocycles. The fraction of sp³-hybridized carbons (Fsp3) is 1.00. The molecule has 1 saturated heterocycles. The molecule has 1 atom stereocenters. The van der Waals surface area contributed by atoms with Gasteiger partial charge in [-0.05, 0) is 0 Å². The molecule has 0 aromatic carbocycles. The molecular formula is C3H9N2O2P. The van der Waals surface area contributed by atoms with Gasteiger partial charge in [0, 0.05) is 20.8 Å². The van der Waals surface area contributed by atoms with Gasteiger partial charge in [-0.15, -0.1) is 0 Å². The van der Waals surface area contributed by atoms with Crippen molar-refractivity contribution in [1.29, 1.82) is 0 Å². The lowest BCUT2D eigenvalue weighted by molar-refractivity contribution is 0.0339. The van der Waals surface area contributed by atoms with Crippen LogP contribution >= 0.6 is 8.07 Å². The fourth-order valence-corrected chi connectivity index (χ4v) is 1.69. The summed E-state index contributed by atoms with van der Waals surface area (Å²) in [6, 6.07) is -1.17. The fourth-order valence-electron chi connectivity index (χ4n) is 0.563. The van der Waals surface area contributed by atoms with Gasteiger partial charge >= 0.3 is 0 Å². The molecule has 1 rings (SSSR count). The Bertz CT molecular complexity index is 73.7. The molecule has 0 radical (unpaired) electrons. The maximum atomic E-state index is 8.53. The summed E-state index contributed by atoms with van der Waals surface area (Å²) in [6.45, 7) is 0.837. The van der Waals surface area contributed by atoms with Gasteiger partial charge in [-0.25, -0.2) is 5.20 Å². The highest BCUT2D eigenvalue weighted by Gasteiger charge is 2.19. The van der Waals surface area contributed by atoms with E-state index in [1.165, 1.54) is 0 Å². The second kappa shape index (κ2) is 2.71. The summed E-state index contributed by atoms with van der Waals surface area (Å²) in [5, 5.41) is 19.8. The molecule has 1 aliphatic heterocycles. The molecule has 4 N–H and O–H groups in total. The van der Waals surface area contributed by atoms with Crippen LogP contribution in [0, 0.1) is 0 Å². The predicted octanol–water partition coefficient (Wildman–Crippen LogP) is -1.24. The highest BCUT2D eigenvalue weighted by Crippen LogP contribution is 2.34. The SMILES string of the molecule is OC(O)P1CCNN1. The Kier molecular flexibility index (Phi) is 2.16. The van der Waals surface area contributed by atoms with Crippen LogP contribution in [0.1, 0.15) is 0 Å². The topological polar surface area (TPSA) is 64.5 Å². The first-order chi connectivity index (χ1) is 3.80. The number of hydrazine groups is 1. The molecule has 0 spiro atoms. The third-order valence-corrected chi connectivity index (χ3v) is 2.69. The lowest BCUT2D eigenvalue weighted by Gasteiger charge is -2.09. The molecule has 5 heteroatoms. The Morgan fingerprint density at radius 2 is 2.25 bits per heavy atom. The maximum Gasteiger partial charge on any atom is 0.185 e. The number of hydrogen-bond donors (Lipinski definition) is 4. The molecule has 0 aromatic rings. The normalized spacial score (nSPS) is 29.6. The van der Waals surface area contributed by atoms with E-state index in [0.29, 0.717) is 0 Å². The number of aliphatic hydroxyl groups excluding tert-OH is 1. The standard InChI is InChI=1S/C3H9N2O2P/c6-3(7)8-2-1-4-5-8/h3-7H,1-2H2. The average molecular weight is 136 g/mol. The van der Waals surface area contributed by atoms with E-state index in [1.54, 1.807) is 0 Å². The van der Waals surface area contributed by atoms with Crippen LogP contribution in [0.25, 0.3) is 0 Å². The third-order valence-electron chi connectivity index (χ3n) is 0.979. The van der Waals surface area contributed by atoms with Gasteiger partial charge in [-0.2, -0.15) is 0 Å². The van der Waals surface area contributed by atoms with E-state index in [4.69, 9.17) is 10.2 Å². The van der Waals surface area contributed by atoms with Gasteiger partial charge in [0.1, 0.15) is 0 Å². The van der Waals surface area contributed by atoms with E-state index in [2.05, 4.69) is 10.6 Å². The van der Waals surface area contributed by atoms with E-state index < -0.39 is 14.1 Å². The Morgan fingerprint density at radius 3 is 2.50 bits per heavy atom. The first kappa shape index (κ1) is 6.39. The number of nitrogens with one attached hydrogen (secondary N) is 2. The Hall–Kier alpha value is 0.270. The van der Waals surface area contributed by atoms with Crippen molar-refractivity contribution in [2.24, 2.45) is 0 Å². The molecule has 1 fully saturated rings. The van der Waals surface area contributed by atoms with Crippen LogP contribution < -0.4 is 10.6 Å². The molecule has 0 aliphatic carbocycles. The highest BCUT2D eigenvalue weighted by atomic mass is 31.1. The van der Waals surface area contributed by atoms with Crippen LogP contribution in [0.15, 0.2) is 0 Å². The number of hydrogen-bond acceptors (Lipinski definition) is 4. The van der Waals surface area contributed by atoms with E-state index in [1.807, 2.05) is 0 Å². The van der Waals surface area contributed by atoms with Crippen LogP contribution in [0.4, 0.5) is 0 Å². The van der Waals surface area contributed by atoms with Crippen molar-refractivity contribution in [1.82, 2.24) is 10.6 Å². The van der Waals surface area contributed by atoms with Gasteiger partial charge < -0.3 is 10.2 Å². The predicted molar refractivity (Wildman–Crippen MR) is 31.2 cm³/mol. The van der Waals surface area contributed by atoms with Gasteiger partial charge in [0.05, 0.1) is 0 Å². The van der Waals surface area contributed by atoms with Crippen molar-refractivity contribution >= 4 is 8.07 Å². The minimum atomic E-state index is -1.17. The molecule has 48 valence electrons. The Balaban J connectivity index is 2.24. The minimum Gasteiger partial charge on any atom is -0.364 e. The van der Waals surface area contributed by atoms with Crippen LogP contribution in [0.5, 0.6) is 0 Å². The first-order valence-electron chi connectivity index (χ1n) is 2.42. The van der Waals surface area contributed by atoms with Crippen LogP contribution in [0.2, 0.25) is 0 Å². The van der Waals surface area contributed by atoms with E-state index in [9.17, 15) is 0 Å². The van der Waals surface area contributed by atoms with Gasteiger partial charge in [0.2, 0.25) is 0 Å². The van der Waals surface area contributed by atoms with Crippen molar-refractivity contribution in [3.63, 3.8) is 0 Å². The zero-order chi connectivity index (χ0) is 5.98. The second-order valence-electron chi connectivity index (χ2n) is 1.58. The van der Waals surface area contributed by atoms with Crippen LogP contribution in [-0.4, -0.2) is 29.0 Å². The third kappa shape index (κ3) is 1.37. The number of aliphatic hydroxyl groups is 2. The van der Waals surface area contributed by atoms with Gasteiger partial charge in [-0.3, -0.25) is 5.43 Å². The zero-order valence-electron chi connectivity index (χ0n) is 4.33. The smallest absolute Gasteiger partial charge is 0.185 e.